The molecule has 146 valence electrons. The molecule has 1 aromatic carbocycles. The van der Waals surface area contributed by atoms with E-state index in [9.17, 15) is 17.2 Å². The van der Waals surface area contributed by atoms with Gasteiger partial charge in [0.25, 0.3) is 0 Å². The third kappa shape index (κ3) is 4.60. The van der Waals surface area contributed by atoms with Gasteiger partial charge in [-0.15, -0.1) is 0 Å². The number of hydrogen-bond acceptors (Lipinski definition) is 5. The zero-order chi connectivity index (χ0) is 19.6. The van der Waals surface area contributed by atoms with Crippen LogP contribution in [0.3, 0.4) is 0 Å². The van der Waals surface area contributed by atoms with Crippen LogP contribution in [0.2, 0.25) is 10.0 Å². The van der Waals surface area contributed by atoms with Crippen LogP contribution in [0.25, 0.3) is 0 Å². The lowest BCUT2D eigenvalue weighted by molar-refractivity contribution is -0.0500. The van der Waals surface area contributed by atoms with Crippen molar-refractivity contribution >= 4 is 39.0 Å². The first-order valence-corrected chi connectivity index (χ1v) is 10.1. The van der Waals surface area contributed by atoms with E-state index in [0.717, 1.165) is 0 Å². The number of nitrogens with zero attached hydrogens (tertiary/aromatic N) is 3. The summed E-state index contributed by atoms with van der Waals surface area (Å²) < 4.78 is 55.5. The Balaban J connectivity index is 1.66. The van der Waals surface area contributed by atoms with Crippen LogP contribution in [-0.4, -0.2) is 50.5 Å². The monoisotopic (exact) mass is 437 g/mol. The van der Waals surface area contributed by atoms with Gasteiger partial charge >= 0.3 is 6.61 Å². The van der Waals surface area contributed by atoms with E-state index in [-0.39, 0.29) is 33.8 Å². The topological polar surface area (TPSA) is 62.7 Å². The maximum absolute atomic E-state index is 12.7. The summed E-state index contributed by atoms with van der Waals surface area (Å²) in [6.07, 6.45) is 1.21. The summed E-state index contributed by atoms with van der Waals surface area (Å²) in [4.78, 5) is 6.04. The lowest BCUT2D eigenvalue weighted by Gasteiger charge is -2.34. The summed E-state index contributed by atoms with van der Waals surface area (Å²) in [6.45, 7) is -1.60. The maximum Gasteiger partial charge on any atom is 0.387 e. The second-order valence-electron chi connectivity index (χ2n) is 5.70. The SMILES string of the molecule is O=S(=O)(c1ccc(Cl)c(Cl)c1)N1CCN(c2ccc(OC(F)F)cn2)CC1. The quantitative estimate of drug-likeness (QED) is 0.715. The molecule has 2 aromatic rings. The number of hydrogen-bond donors (Lipinski definition) is 0. The lowest BCUT2D eigenvalue weighted by atomic mass is 10.3. The Hall–Kier alpha value is -1.68. The number of aromatic nitrogens is 1. The number of anilines is 1. The van der Waals surface area contributed by atoms with Crippen LogP contribution < -0.4 is 9.64 Å². The number of piperazine rings is 1. The standard InChI is InChI=1S/C16H15Cl2F2N3O3S/c17-13-3-2-12(9-14(13)18)27(24,25)23-7-5-22(6-8-23)15-4-1-11(10-21-15)26-16(19)20/h1-4,9-10,16H,5-8H2. The van der Waals surface area contributed by atoms with Gasteiger partial charge in [0, 0.05) is 26.2 Å². The number of halogens is 4. The van der Waals surface area contributed by atoms with Crippen molar-refractivity contribution in [1.82, 2.24) is 9.29 Å². The molecule has 0 radical (unpaired) electrons. The molecule has 0 unspecified atom stereocenters. The van der Waals surface area contributed by atoms with Gasteiger partial charge < -0.3 is 9.64 Å². The van der Waals surface area contributed by atoms with Crippen LogP contribution in [-0.2, 0) is 10.0 Å². The summed E-state index contributed by atoms with van der Waals surface area (Å²) >= 11 is 11.8. The van der Waals surface area contributed by atoms with Gasteiger partial charge in [0.15, 0.2) is 0 Å². The first-order chi connectivity index (χ1) is 12.8. The summed E-state index contributed by atoms with van der Waals surface area (Å²) in [7, 11) is -3.69. The van der Waals surface area contributed by atoms with Crippen molar-refractivity contribution in [2.45, 2.75) is 11.5 Å². The van der Waals surface area contributed by atoms with Gasteiger partial charge in [-0.05, 0) is 30.3 Å². The number of benzene rings is 1. The summed E-state index contributed by atoms with van der Waals surface area (Å²) in [5.41, 5.74) is 0. The Labute approximate surface area is 165 Å². The van der Waals surface area contributed by atoms with Crippen LogP contribution >= 0.6 is 23.2 Å². The molecule has 0 aliphatic carbocycles. The van der Waals surface area contributed by atoms with Crippen LogP contribution in [0.4, 0.5) is 14.6 Å². The van der Waals surface area contributed by atoms with E-state index in [1.54, 1.807) is 6.07 Å². The zero-order valence-corrected chi connectivity index (χ0v) is 16.2. The van der Waals surface area contributed by atoms with E-state index in [4.69, 9.17) is 23.2 Å². The number of alkyl halides is 2. The molecule has 11 heteroatoms. The fraction of sp³-hybridized carbons (Fsp3) is 0.312. The van der Waals surface area contributed by atoms with Gasteiger partial charge in [0.05, 0.1) is 21.1 Å². The van der Waals surface area contributed by atoms with Crippen molar-refractivity contribution in [2.75, 3.05) is 31.1 Å². The molecular formula is C16H15Cl2F2N3O3S. The summed E-state index contributed by atoms with van der Waals surface area (Å²) in [5.74, 6) is 0.526. The van der Waals surface area contributed by atoms with E-state index >= 15 is 0 Å². The fourth-order valence-corrected chi connectivity index (χ4v) is 4.49. The molecular weight excluding hydrogens is 423 g/mol. The van der Waals surface area contributed by atoms with E-state index in [2.05, 4.69) is 9.72 Å². The Morgan fingerprint density at radius 2 is 1.74 bits per heavy atom. The predicted octanol–water partition coefficient (Wildman–Crippen LogP) is 3.50. The van der Waals surface area contributed by atoms with Gasteiger partial charge in [0.2, 0.25) is 10.0 Å². The largest absolute Gasteiger partial charge is 0.433 e. The zero-order valence-electron chi connectivity index (χ0n) is 13.9. The predicted molar refractivity (Wildman–Crippen MR) is 98.3 cm³/mol. The fourth-order valence-electron chi connectivity index (χ4n) is 2.68. The first-order valence-electron chi connectivity index (χ1n) is 7.88. The molecule has 0 bridgehead atoms. The highest BCUT2D eigenvalue weighted by Crippen LogP contribution is 2.27. The normalized spacial score (nSPS) is 16.0. The van der Waals surface area contributed by atoms with E-state index < -0.39 is 16.6 Å². The van der Waals surface area contributed by atoms with Crippen molar-refractivity contribution < 1.29 is 21.9 Å². The maximum atomic E-state index is 12.7. The molecule has 1 fully saturated rings. The molecule has 1 aliphatic heterocycles. The number of ether oxygens (including phenoxy) is 1. The van der Waals surface area contributed by atoms with Crippen LogP contribution in [0.15, 0.2) is 41.4 Å². The smallest absolute Gasteiger partial charge is 0.387 e. The Bertz CT molecular complexity index is 906. The molecule has 0 spiro atoms. The van der Waals surface area contributed by atoms with Crippen LogP contribution in [0.1, 0.15) is 0 Å². The van der Waals surface area contributed by atoms with Crippen LogP contribution in [0, 0.1) is 0 Å². The van der Waals surface area contributed by atoms with Gasteiger partial charge in [0.1, 0.15) is 11.6 Å². The molecule has 0 amide bonds. The van der Waals surface area contributed by atoms with Gasteiger partial charge in [-0.25, -0.2) is 13.4 Å². The second kappa shape index (κ2) is 8.14. The highest BCUT2D eigenvalue weighted by atomic mass is 35.5. The van der Waals surface area contributed by atoms with Gasteiger partial charge in [-0.1, -0.05) is 23.2 Å². The summed E-state index contributed by atoms with van der Waals surface area (Å²) in [5, 5.41) is 0.456. The minimum absolute atomic E-state index is 0.0328. The van der Waals surface area contributed by atoms with E-state index in [1.807, 2.05) is 4.90 Å². The Morgan fingerprint density at radius 3 is 2.30 bits per heavy atom. The molecule has 27 heavy (non-hydrogen) atoms. The lowest BCUT2D eigenvalue weighted by Crippen LogP contribution is -2.48. The number of pyridine rings is 1. The van der Waals surface area contributed by atoms with E-state index in [0.29, 0.717) is 18.9 Å². The minimum atomic E-state index is -3.69. The molecule has 0 atom stereocenters. The molecule has 1 aliphatic rings. The van der Waals surface area contributed by atoms with E-state index in [1.165, 1.54) is 34.8 Å². The number of rotatable bonds is 5. The molecule has 0 saturated carbocycles. The molecule has 0 N–H and O–H groups in total. The highest BCUT2D eigenvalue weighted by molar-refractivity contribution is 7.89. The van der Waals surface area contributed by atoms with Crippen molar-refractivity contribution in [1.29, 1.82) is 0 Å². The third-order valence-corrected chi connectivity index (χ3v) is 6.67. The minimum Gasteiger partial charge on any atom is -0.433 e. The highest BCUT2D eigenvalue weighted by Gasteiger charge is 2.29. The second-order valence-corrected chi connectivity index (χ2v) is 8.45. The van der Waals surface area contributed by atoms with Crippen molar-refractivity contribution in [3.05, 3.63) is 46.6 Å². The van der Waals surface area contributed by atoms with Gasteiger partial charge in [-0.2, -0.15) is 13.1 Å². The molecule has 1 saturated heterocycles. The molecule has 1 aromatic heterocycles. The van der Waals surface area contributed by atoms with Crippen molar-refractivity contribution in [3.63, 3.8) is 0 Å². The van der Waals surface area contributed by atoms with Crippen molar-refractivity contribution in [2.24, 2.45) is 0 Å². The average molecular weight is 438 g/mol. The van der Waals surface area contributed by atoms with Gasteiger partial charge in [-0.3, -0.25) is 0 Å². The van der Waals surface area contributed by atoms with Crippen molar-refractivity contribution in [3.8, 4) is 5.75 Å². The van der Waals surface area contributed by atoms with Crippen LogP contribution in [0.5, 0.6) is 5.75 Å². The third-order valence-electron chi connectivity index (χ3n) is 4.04. The summed E-state index contributed by atoms with van der Waals surface area (Å²) in [6, 6.07) is 7.14. The molecule has 6 nitrogen and oxygen atoms in total. The first kappa shape index (κ1) is 20.1. The Kier molecular flexibility index (Phi) is 6.05. The Morgan fingerprint density at radius 1 is 1.04 bits per heavy atom. The number of sulfonamides is 1. The molecule has 3 rings (SSSR count). The average Bonchev–Trinajstić information content (AvgIpc) is 2.64. The molecule has 2 heterocycles.